The minimum absolute atomic E-state index is 0.0390. The molecule has 6 nitrogen and oxygen atoms in total. The van der Waals surface area contributed by atoms with E-state index in [0.29, 0.717) is 17.7 Å². The lowest BCUT2D eigenvalue weighted by atomic mass is 9.90. The summed E-state index contributed by atoms with van der Waals surface area (Å²) < 4.78 is 30.0. The van der Waals surface area contributed by atoms with E-state index in [-0.39, 0.29) is 41.8 Å². The quantitative estimate of drug-likeness (QED) is 0.427. The number of fused-ring (bicyclic) bond motifs is 1. The lowest BCUT2D eigenvalue weighted by Crippen LogP contribution is -2.44. The molecule has 3 rings (SSSR count). The van der Waals surface area contributed by atoms with Gasteiger partial charge in [-0.15, -0.1) is 0 Å². The molecule has 0 aromatic heterocycles. The molecule has 0 spiro atoms. The van der Waals surface area contributed by atoms with Crippen LogP contribution in [0.5, 0.6) is 11.5 Å². The number of phenolic OH excluding ortho intramolecular Hbond substituents is 1. The third-order valence-corrected chi connectivity index (χ3v) is 8.03. The molecule has 2 heterocycles. The summed E-state index contributed by atoms with van der Waals surface area (Å²) in [6.07, 6.45) is 11.3. The Kier molecular flexibility index (Phi) is 7.93. The van der Waals surface area contributed by atoms with Crippen LogP contribution in [0.4, 0.5) is 0 Å². The molecule has 2 aliphatic rings. The first-order valence-electron chi connectivity index (χ1n) is 12.0. The minimum Gasteiger partial charge on any atom is -0.506 e. The summed E-state index contributed by atoms with van der Waals surface area (Å²) in [7, 11) is -3.10. The molecule has 7 heteroatoms. The Hall–Kier alpha value is -2.28. The molecule has 1 atom stereocenters. The van der Waals surface area contributed by atoms with Crippen molar-refractivity contribution in [2.24, 2.45) is 0 Å². The van der Waals surface area contributed by atoms with E-state index in [1.165, 1.54) is 5.57 Å². The predicted molar refractivity (Wildman–Crippen MR) is 133 cm³/mol. The molecule has 182 valence electrons. The van der Waals surface area contributed by atoms with Crippen LogP contribution in [0.2, 0.25) is 0 Å². The Morgan fingerprint density at radius 3 is 2.58 bits per heavy atom. The van der Waals surface area contributed by atoms with Crippen molar-refractivity contribution < 1.29 is 23.1 Å². The summed E-state index contributed by atoms with van der Waals surface area (Å²) in [5.74, 6) is 0.145. The first kappa shape index (κ1) is 25.3. The van der Waals surface area contributed by atoms with Gasteiger partial charge in [0.1, 0.15) is 17.1 Å². The summed E-state index contributed by atoms with van der Waals surface area (Å²) in [6, 6.07) is 1.90. The van der Waals surface area contributed by atoms with Gasteiger partial charge in [-0.2, -0.15) is 0 Å². The fourth-order valence-electron chi connectivity index (χ4n) is 4.36. The van der Waals surface area contributed by atoms with E-state index in [1.54, 1.807) is 4.90 Å². The molecule has 0 aliphatic carbocycles. The van der Waals surface area contributed by atoms with Gasteiger partial charge in [-0.25, -0.2) is 8.42 Å². The number of carbonyl (C=O) groups excluding carboxylic acids is 1. The largest absolute Gasteiger partial charge is 0.506 e. The predicted octanol–water partition coefficient (Wildman–Crippen LogP) is 4.91. The summed E-state index contributed by atoms with van der Waals surface area (Å²) in [6.45, 7) is 8.61. The summed E-state index contributed by atoms with van der Waals surface area (Å²) in [5, 5.41) is 11.2. The Morgan fingerprint density at radius 1 is 1.24 bits per heavy atom. The fraction of sp³-hybridized carbons (Fsp3) is 0.577. The van der Waals surface area contributed by atoms with Crippen LogP contribution in [0.15, 0.2) is 23.8 Å². The molecular formula is C26H37NO5S. The van der Waals surface area contributed by atoms with Gasteiger partial charge < -0.3 is 14.7 Å². The second kappa shape index (κ2) is 10.3. The number of sulfone groups is 1. The summed E-state index contributed by atoms with van der Waals surface area (Å²) >= 11 is 0. The maximum atomic E-state index is 13.4. The van der Waals surface area contributed by atoms with Gasteiger partial charge in [-0.05, 0) is 70.2 Å². The number of ether oxygens (including phenoxy) is 1. The number of rotatable bonds is 8. The van der Waals surface area contributed by atoms with Crippen LogP contribution in [0.3, 0.4) is 0 Å². The normalized spacial score (nSPS) is 21.3. The molecule has 0 radical (unpaired) electrons. The minimum atomic E-state index is -3.10. The SMILES string of the molecule is CCCCCc1cc2c(c(O)c1C(=O)N1CCS(=O)(=O)CC1)C=CC(C)(CCC=C(C)C)O2. The summed E-state index contributed by atoms with van der Waals surface area (Å²) in [4.78, 5) is 14.9. The smallest absolute Gasteiger partial charge is 0.257 e. The first-order valence-corrected chi connectivity index (χ1v) is 13.8. The van der Waals surface area contributed by atoms with E-state index in [4.69, 9.17) is 4.74 Å². The van der Waals surface area contributed by atoms with Crippen LogP contribution >= 0.6 is 0 Å². The van der Waals surface area contributed by atoms with Crippen molar-refractivity contribution in [3.05, 3.63) is 40.5 Å². The Bertz CT molecular complexity index is 1040. The molecule has 0 bridgehead atoms. The van der Waals surface area contributed by atoms with Gasteiger partial charge in [0, 0.05) is 13.1 Å². The van der Waals surface area contributed by atoms with Crippen molar-refractivity contribution in [2.45, 2.75) is 71.8 Å². The number of carbonyl (C=O) groups is 1. The van der Waals surface area contributed by atoms with Crippen molar-refractivity contribution in [1.29, 1.82) is 0 Å². The van der Waals surface area contributed by atoms with E-state index in [1.807, 2.05) is 25.1 Å². The van der Waals surface area contributed by atoms with Crippen LogP contribution in [0.25, 0.3) is 6.08 Å². The maximum absolute atomic E-state index is 13.4. The second-order valence-electron chi connectivity index (χ2n) is 9.64. The van der Waals surface area contributed by atoms with Gasteiger partial charge in [0.2, 0.25) is 0 Å². The maximum Gasteiger partial charge on any atom is 0.257 e. The monoisotopic (exact) mass is 475 g/mol. The van der Waals surface area contributed by atoms with Gasteiger partial charge >= 0.3 is 0 Å². The van der Waals surface area contributed by atoms with E-state index in [2.05, 4.69) is 26.8 Å². The zero-order valence-electron chi connectivity index (χ0n) is 20.3. The Balaban J connectivity index is 1.94. The van der Waals surface area contributed by atoms with E-state index >= 15 is 0 Å². The molecule has 0 saturated carbocycles. The Morgan fingerprint density at radius 2 is 1.94 bits per heavy atom. The highest BCUT2D eigenvalue weighted by atomic mass is 32.2. The van der Waals surface area contributed by atoms with Gasteiger partial charge in [0.05, 0.1) is 22.6 Å². The van der Waals surface area contributed by atoms with E-state index in [0.717, 1.165) is 37.7 Å². The van der Waals surface area contributed by atoms with Gasteiger partial charge in [-0.3, -0.25) is 4.79 Å². The highest BCUT2D eigenvalue weighted by Gasteiger charge is 2.33. The molecule has 1 unspecified atom stereocenters. The number of amides is 1. The van der Waals surface area contributed by atoms with E-state index in [9.17, 15) is 18.3 Å². The van der Waals surface area contributed by atoms with Crippen LogP contribution in [0.1, 0.15) is 81.3 Å². The lowest BCUT2D eigenvalue weighted by Gasteiger charge is -2.33. The zero-order valence-corrected chi connectivity index (χ0v) is 21.1. The highest BCUT2D eigenvalue weighted by Crippen LogP contribution is 2.42. The lowest BCUT2D eigenvalue weighted by molar-refractivity contribution is 0.0765. The molecule has 1 N–H and O–H groups in total. The Labute approximate surface area is 198 Å². The van der Waals surface area contributed by atoms with Crippen LogP contribution in [-0.4, -0.2) is 54.5 Å². The van der Waals surface area contributed by atoms with Crippen LogP contribution in [0, 0.1) is 0 Å². The third-order valence-electron chi connectivity index (χ3n) is 6.42. The van der Waals surface area contributed by atoms with Gasteiger partial charge in [0.25, 0.3) is 5.91 Å². The molecule has 1 aromatic carbocycles. The number of aromatic hydroxyl groups is 1. The number of hydrogen-bond donors (Lipinski definition) is 1. The number of nitrogens with zero attached hydrogens (tertiary/aromatic N) is 1. The number of unbranched alkanes of at least 4 members (excludes halogenated alkanes) is 2. The van der Waals surface area contributed by atoms with Gasteiger partial charge in [-0.1, -0.05) is 31.4 Å². The number of phenols is 1. The van der Waals surface area contributed by atoms with Gasteiger partial charge in [0.15, 0.2) is 9.84 Å². The van der Waals surface area contributed by atoms with E-state index < -0.39 is 15.4 Å². The van der Waals surface area contributed by atoms with Crippen molar-refractivity contribution in [2.75, 3.05) is 24.6 Å². The van der Waals surface area contributed by atoms with Crippen LogP contribution < -0.4 is 4.74 Å². The van der Waals surface area contributed by atoms with Crippen molar-refractivity contribution in [3.63, 3.8) is 0 Å². The molecule has 2 aliphatic heterocycles. The molecule has 1 amide bonds. The first-order chi connectivity index (χ1) is 15.6. The van der Waals surface area contributed by atoms with Crippen LogP contribution in [-0.2, 0) is 16.3 Å². The highest BCUT2D eigenvalue weighted by molar-refractivity contribution is 7.91. The molecule has 1 saturated heterocycles. The van der Waals surface area contributed by atoms with Crippen molar-refractivity contribution >= 4 is 21.8 Å². The number of benzene rings is 1. The third kappa shape index (κ3) is 6.19. The number of hydrogen-bond acceptors (Lipinski definition) is 5. The topological polar surface area (TPSA) is 83.9 Å². The summed E-state index contributed by atoms with van der Waals surface area (Å²) in [5.41, 5.74) is 2.34. The van der Waals surface area contributed by atoms with Crippen molar-refractivity contribution in [3.8, 4) is 11.5 Å². The average Bonchev–Trinajstić information content (AvgIpc) is 2.73. The average molecular weight is 476 g/mol. The van der Waals surface area contributed by atoms with Crippen molar-refractivity contribution in [1.82, 2.24) is 4.90 Å². The molecule has 1 aromatic rings. The number of aryl methyl sites for hydroxylation is 1. The fourth-order valence-corrected chi connectivity index (χ4v) is 5.56. The molecular weight excluding hydrogens is 438 g/mol. The second-order valence-corrected chi connectivity index (χ2v) is 11.9. The molecule has 33 heavy (non-hydrogen) atoms. The molecule has 1 fully saturated rings. The standard InChI is InChI=1S/C26H37NO5S/c1-5-6-7-10-20-18-22-21(11-13-26(4,32-22)12-8-9-19(2)3)24(28)23(20)25(29)27-14-16-33(30,31)17-15-27/h9,11,13,18,28H,5-8,10,12,14-17H2,1-4H3. The zero-order chi connectivity index (χ0) is 24.2. The number of allylic oxidation sites excluding steroid dienone is 2.